The Labute approximate surface area is 173 Å². The molecule has 0 spiro atoms. The third kappa shape index (κ3) is 3.22. The molecule has 30 heavy (non-hydrogen) atoms. The first-order chi connectivity index (χ1) is 14.7. The Morgan fingerprint density at radius 2 is 1.60 bits per heavy atom. The zero-order valence-electron chi connectivity index (χ0n) is 16.2. The van der Waals surface area contributed by atoms with Crippen LogP contribution < -0.4 is 10.2 Å². The van der Waals surface area contributed by atoms with Gasteiger partial charge in [-0.3, -0.25) is 19.1 Å². The lowest BCUT2D eigenvalue weighted by Crippen LogP contribution is -2.42. The van der Waals surface area contributed by atoms with Crippen molar-refractivity contribution in [2.75, 3.05) is 10.2 Å². The predicted molar refractivity (Wildman–Crippen MR) is 116 cm³/mol. The highest BCUT2D eigenvalue weighted by atomic mass is 16.2. The molecule has 0 saturated carbocycles. The molecule has 0 unspecified atom stereocenters. The second kappa shape index (κ2) is 7.48. The van der Waals surface area contributed by atoms with Crippen molar-refractivity contribution in [2.45, 2.75) is 19.0 Å². The van der Waals surface area contributed by atoms with Crippen LogP contribution in [-0.4, -0.2) is 21.4 Å². The highest BCUT2D eigenvalue weighted by Crippen LogP contribution is 2.35. The molecule has 1 aromatic heterocycles. The van der Waals surface area contributed by atoms with E-state index in [1.807, 2.05) is 89.5 Å². The molecule has 1 atom stereocenters. The molecule has 0 radical (unpaired) electrons. The number of para-hydroxylation sites is 3. The fourth-order valence-electron chi connectivity index (χ4n) is 3.89. The quantitative estimate of drug-likeness (QED) is 0.563. The molecule has 5 rings (SSSR count). The van der Waals surface area contributed by atoms with Gasteiger partial charge in [-0.15, -0.1) is 0 Å². The molecule has 2 heterocycles. The van der Waals surface area contributed by atoms with Gasteiger partial charge in [-0.05, 0) is 29.8 Å². The summed E-state index contributed by atoms with van der Waals surface area (Å²) in [4.78, 5) is 32.6. The van der Waals surface area contributed by atoms with Gasteiger partial charge in [0.1, 0.15) is 6.04 Å². The molecular formula is C24H20N4O2. The van der Waals surface area contributed by atoms with Crippen molar-refractivity contribution in [1.82, 2.24) is 9.55 Å². The highest BCUT2D eigenvalue weighted by molar-refractivity contribution is 6.04. The highest BCUT2D eigenvalue weighted by Gasteiger charge is 2.37. The number of amides is 2. The van der Waals surface area contributed by atoms with Gasteiger partial charge < -0.3 is 5.32 Å². The first kappa shape index (κ1) is 18.1. The minimum absolute atomic E-state index is 0.0822. The van der Waals surface area contributed by atoms with Crippen LogP contribution in [0, 0.1) is 0 Å². The van der Waals surface area contributed by atoms with E-state index in [2.05, 4.69) is 5.32 Å². The van der Waals surface area contributed by atoms with E-state index >= 15 is 0 Å². The summed E-state index contributed by atoms with van der Waals surface area (Å²) in [5.74, 6) is 0.165. The van der Waals surface area contributed by atoms with E-state index in [4.69, 9.17) is 4.98 Å². The van der Waals surface area contributed by atoms with Crippen LogP contribution in [0.1, 0.15) is 18.0 Å². The Morgan fingerprint density at radius 3 is 2.37 bits per heavy atom. The minimum Gasteiger partial charge on any atom is -0.324 e. The summed E-state index contributed by atoms with van der Waals surface area (Å²) in [6, 6.07) is 26.1. The van der Waals surface area contributed by atoms with E-state index in [1.165, 1.54) is 0 Å². The van der Waals surface area contributed by atoms with Crippen LogP contribution in [0.4, 0.5) is 11.6 Å². The maximum atomic E-state index is 13.2. The van der Waals surface area contributed by atoms with E-state index in [9.17, 15) is 9.59 Å². The molecule has 0 bridgehead atoms. The molecule has 3 aromatic carbocycles. The van der Waals surface area contributed by atoms with Crippen molar-refractivity contribution in [1.29, 1.82) is 0 Å². The lowest BCUT2D eigenvalue weighted by molar-refractivity contribution is -0.126. The third-order valence-corrected chi connectivity index (χ3v) is 5.33. The van der Waals surface area contributed by atoms with Crippen LogP contribution in [-0.2, 0) is 16.1 Å². The molecule has 1 aliphatic heterocycles. The number of nitrogens with zero attached hydrogens (tertiary/aromatic N) is 3. The number of carbonyl (C=O) groups excluding carboxylic acids is 2. The summed E-state index contributed by atoms with van der Waals surface area (Å²) < 4.78 is 1.89. The molecule has 4 aromatic rings. The second-order valence-electron chi connectivity index (χ2n) is 7.31. The third-order valence-electron chi connectivity index (χ3n) is 5.33. The van der Waals surface area contributed by atoms with Gasteiger partial charge in [0, 0.05) is 5.69 Å². The van der Waals surface area contributed by atoms with Gasteiger partial charge in [0.2, 0.25) is 17.8 Å². The topological polar surface area (TPSA) is 67.2 Å². The number of aromatic nitrogens is 2. The first-order valence-electron chi connectivity index (χ1n) is 9.88. The standard InChI is InChI=1S/C24H20N4O2/c29-22-15-21(23(30)25-18-11-5-2-6-12-18)28-20-14-8-7-13-19(20)26-24(28)27(22)16-17-9-3-1-4-10-17/h1-14,21H,15-16H2,(H,25,30)/t21-/m0/s1. The summed E-state index contributed by atoms with van der Waals surface area (Å²) in [6.45, 7) is 0.413. The summed E-state index contributed by atoms with van der Waals surface area (Å²) in [5, 5.41) is 2.93. The van der Waals surface area contributed by atoms with Crippen LogP contribution in [0.5, 0.6) is 0 Å². The molecule has 6 nitrogen and oxygen atoms in total. The Hall–Kier alpha value is -3.93. The number of hydrogen-bond acceptors (Lipinski definition) is 3. The van der Waals surface area contributed by atoms with E-state index in [1.54, 1.807) is 4.90 Å². The van der Waals surface area contributed by atoms with Crippen LogP contribution in [0.25, 0.3) is 11.0 Å². The normalized spacial score (nSPS) is 15.8. The zero-order chi connectivity index (χ0) is 20.5. The van der Waals surface area contributed by atoms with Crippen LogP contribution in [0.15, 0.2) is 84.9 Å². The van der Waals surface area contributed by atoms with Gasteiger partial charge in [-0.1, -0.05) is 60.7 Å². The molecule has 0 saturated heterocycles. The number of fused-ring (bicyclic) bond motifs is 3. The average Bonchev–Trinajstić information content (AvgIpc) is 3.16. The van der Waals surface area contributed by atoms with Crippen molar-refractivity contribution in [3.05, 3.63) is 90.5 Å². The summed E-state index contributed by atoms with van der Waals surface area (Å²) >= 11 is 0. The zero-order valence-corrected chi connectivity index (χ0v) is 16.2. The van der Waals surface area contributed by atoms with Crippen molar-refractivity contribution in [3.8, 4) is 0 Å². The van der Waals surface area contributed by atoms with Crippen LogP contribution in [0.3, 0.4) is 0 Å². The molecule has 0 fully saturated rings. The van der Waals surface area contributed by atoms with Crippen molar-refractivity contribution in [2.24, 2.45) is 0 Å². The van der Waals surface area contributed by atoms with E-state index in [0.717, 1.165) is 16.6 Å². The number of rotatable bonds is 4. The van der Waals surface area contributed by atoms with Gasteiger partial charge in [0.25, 0.3) is 0 Å². The fourth-order valence-corrected chi connectivity index (χ4v) is 3.89. The number of imidazole rings is 1. The molecule has 0 aliphatic carbocycles. The van der Waals surface area contributed by atoms with Gasteiger partial charge in [0.15, 0.2) is 0 Å². The maximum absolute atomic E-state index is 13.2. The van der Waals surface area contributed by atoms with Crippen LogP contribution >= 0.6 is 0 Å². The second-order valence-corrected chi connectivity index (χ2v) is 7.31. The lowest BCUT2D eigenvalue weighted by Gasteiger charge is -2.32. The number of anilines is 2. The maximum Gasteiger partial charge on any atom is 0.248 e. The SMILES string of the molecule is O=C(Nc1ccccc1)[C@@H]1CC(=O)N(Cc2ccccc2)c2nc3ccccc3n21. The Morgan fingerprint density at radius 1 is 0.933 bits per heavy atom. The largest absolute Gasteiger partial charge is 0.324 e. The Kier molecular flexibility index (Phi) is 4.52. The van der Waals surface area contributed by atoms with E-state index < -0.39 is 6.04 Å². The monoisotopic (exact) mass is 396 g/mol. The van der Waals surface area contributed by atoms with Gasteiger partial charge >= 0.3 is 0 Å². The number of nitrogens with one attached hydrogen (secondary N) is 1. The molecular weight excluding hydrogens is 376 g/mol. The smallest absolute Gasteiger partial charge is 0.248 e. The van der Waals surface area contributed by atoms with Crippen molar-refractivity contribution >= 4 is 34.5 Å². The van der Waals surface area contributed by atoms with Gasteiger partial charge in [-0.25, -0.2) is 4.98 Å². The summed E-state index contributed by atoms with van der Waals surface area (Å²) in [6.07, 6.45) is 0.0822. The molecule has 1 aliphatic rings. The van der Waals surface area contributed by atoms with Gasteiger partial charge in [0.05, 0.1) is 24.0 Å². The van der Waals surface area contributed by atoms with Crippen LogP contribution in [0.2, 0.25) is 0 Å². The summed E-state index contributed by atoms with van der Waals surface area (Å²) in [7, 11) is 0. The first-order valence-corrected chi connectivity index (χ1v) is 9.88. The van der Waals surface area contributed by atoms with Gasteiger partial charge in [-0.2, -0.15) is 0 Å². The molecule has 148 valence electrons. The lowest BCUT2D eigenvalue weighted by atomic mass is 10.1. The predicted octanol–water partition coefficient (Wildman–Crippen LogP) is 4.15. The molecule has 6 heteroatoms. The number of hydrogen-bond donors (Lipinski definition) is 1. The van der Waals surface area contributed by atoms with E-state index in [0.29, 0.717) is 18.2 Å². The Bertz CT molecular complexity index is 1220. The van der Waals surface area contributed by atoms with Crippen molar-refractivity contribution in [3.63, 3.8) is 0 Å². The molecule has 2 amide bonds. The minimum atomic E-state index is -0.660. The fraction of sp³-hybridized carbons (Fsp3) is 0.125. The number of benzene rings is 3. The molecule has 1 N–H and O–H groups in total. The number of carbonyl (C=O) groups is 2. The van der Waals surface area contributed by atoms with Crippen molar-refractivity contribution < 1.29 is 9.59 Å². The summed E-state index contributed by atoms with van der Waals surface area (Å²) in [5.41, 5.74) is 3.31. The van der Waals surface area contributed by atoms with E-state index in [-0.39, 0.29) is 18.2 Å². The average molecular weight is 396 g/mol. The Balaban J connectivity index is 1.56.